The van der Waals surface area contributed by atoms with Crippen LogP contribution in [0.2, 0.25) is 0 Å². The molecule has 0 aliphatic heterocycles. The summed E-state index contributed by atoms with van der Waals surface area (Å²) in [4.78, 5) is 0. The molecule has 0 bridgehead atoms. The molecule has 17 heavy (non-hydrogen) atoms. The van der Waals surface area contributed by atoms with E-state index in [-0.39, 0.29) is 24.2 Å². The lowest BCUT2D eigenvalue weighted by Crippen LogP contribution is -2.22. The summed E-state index contributed by atoms with van der Waals surface area (Å²) >= 11 is 0. The molecular weight excluding hydrogens is 240 g/mol. The Morgan fingerprint density at radius 3 is 2.65 bits per heavy atom. The van der Waals surface area contributed by atoms with Gasteiger partial charge in [0.2, 0.25) is 0 Å². The van der Waals surface area contributed by atoms with Crippen LogP contribution in [0, 0.1) is 0 Å². The highest BCUT2D eigenvalue weighted by Crippen LogP contribution is 2.13. The van der Waals surface area contributed by atoms with E-state index in [9.17, 15) is 8.42 Å². The first-order chi connectivity index (χ1) is 7.95. The maximum atomic E-state index is 11.5. The van der Waals surface area contributed by atoms with Crippen LogP contribution in [0.3, 0.4) is 0 Å². The molecule has 5 heteroatoms. The number of rotatable bonds is 6. The summed E-state index contributed by atoms with van der Waals surface area (Å²) < 4.78 is 28.4. The Morgan fingerprint density at radius 1 is 1.35 bits per heavy atom. The van der Waals surface area contributed by atoms with Crippen LogP contribution in [-0.4, -0.2) is 31.1 Å². The lowest BCUT2D eigenvalue weighted by Gasteiger charge is -2.09. The molecule has 0 heterocycles. The molecule has 1 rings (SSSR count). The monoisotopic (exact) mass is 258 g/mol. The smallest absolute Gasteiger partial charge is 0.155 e. The van der Waals surface area contributed by atoms with Crippen molar-refractivity contribution in [3.63, 3.8) is 0 Å². The van der Waals surface area contributed by atoms with Crippen LogP contribution >= 0.6 is 0 Å². The average molecular weight is 258 g/mol. The zero-order valence-electron chi connectivity index (χ0n) is 10.1. The van der Waals surface area contributed by atoms with Gasteiger partial charge in [0.15, 0.2) is 9.84 Å². The molecule has 0 fully saturated rings. The highest BCUT2D eigenvalue weighted by atomic mass is 32.2. The minimum Gasteiger partial charge on any atom is -0.493 e. The van der Waals surface area contributed by atoms with Crippen molar-refractivity contribution in [3.8, 4) is 5.75 Å². The maximum Gasteiger partial charge on any atom is 0.155 e. The van der Waals surface area contributed by atoms with E-state index in [1.165, 1.54) is 0 Å². The summed E-state index contributed by atoms with van der Waals surface area (Å²) in [6.07, 6.45) is 0. The van der Waals surface area contributed by atoms with Gasteiger partial charge in [-0.05, 0) is 31.5 Å². The van der Waals surface area contributed by atoms with E-state index >= 15 is 0 Å². The zero-order valence-corrected chi connectivity index (χ0v) is 10.9. The average Bonchev–Trinajstić information content (AvgIpc) is 2.29. The molecule has 4 nitrogen and oxygen atoms in total. The number of sulfone groups is 1. The van der Waals surface area contributed by atoms with Gasteiger partial charge in [-0.15, -0.1) is 0 Å². The second-order valence-corrected chi connectivity index (χ2v) is 6.75. The molecule has 0 saturated heterocycles. The molecule has 1 N–H and O–H groups in total. The summed E-state index contributed by atoms with van der Waals surface area (Å²) in [5.74, 6) is 0.587. The predicted octanol–water partition coefficient (Wildman–Crippen LogP) is 1.38. The van der Waals surface area contributed by atoms with Crippen molar-refractivity contribution in [3.05, 3.63) is 29.8 Å². The van der Waals surface area contributed by atoms with Crippen molar-refractivity contribution in [2.75, 3.05) is 12.4 Å². The second-order valence-electron chi connectivity index (χ2n) is 4.07. The van der Waals surface area contributed by atoms with E-state index in [0.29, 0.717) is 5.75 Å². The lowest BCUT2D eigenvalue weighted by molar-refractivity contribution is 0.280. The van der Waals surface area contributed by atoms with E-state index in [1.807, 2.05) is 0 Å². The van der Waals surface area contributed by atoms with Gasteiger partial charge >= 0.3 is 0 Å². The Hall–Kier alpha value is -1.07. The Balaban J connectivity index is 2.51. The normalized spacial score (nSPS) is 11.8. The highest BCUT2D eigenvalue weighted by Gasteiger charge is 2.15. The molecule has 0 spiro atoms. The third-order valence-corrected chi connectivity index (χ3v) is 4.61. The molecule has 0 atom stereocenters. The first-order valence-electron chi connectivity index (χ1n) is 5.50. The van der Waals surface area contributed by atoms with Crippen LogP contribution < -0.4 is 4.74 Å². The van der Waals surface area contributed by atoms with Crippen LogP contribution in [-0.2, 0) is 16.4 Å². The summed E-state index contributed by atoms with van der Waals surface area (Å²) in [7, 11) is -3.06. The standard InChI is InChI=1S/C12H18O4S/c1-10(2)17(14,15)7-6-16-12-5-3-4-11(8-12)9-13/h3-5,8,10,13H,6-7,9H2,1-2H3. The number of aliphatic hydroxyl groups excluding tert-OH is 1. The minimum absolute atomic E-state index is 0.00796. The number of aliphatic hydroxyl groups is 1. The number of hydrogen-bond acceptors (Lipinski definition) is 4. The lowest BCUT2D eigenvalue weighted by atomic mass is 10.2. The molecule has 0 amide bonds. The molecule has 1 aromatic rings. The van der Waals surface area contributed by atoms with Gasteiger partial charge in [-0.25, -0.2) is 8.42 Å². The van der Waals surface area contributed by atoms with E-state index in [4.69, 9.17) is 9.84 Å². The molecule has 0 aliphatic carbocycles. The van der Waals surface area contributed by atoms with Crippen molar-refractivity contribution in [1.82, 2.24) is 0 Å². The van der Waals surface area contributed by atoms with Gasteiger partial charge in [0, 0.05) is 0 Å². The van der Waals surface area contributed by atoms with Gasteiger partial charge in [-0.2, -0.15) is 0 Å². The van der Waals surface area contributed by atoms with Crippen molar-refractivity contribution < 1.29 is 18.3 Å². The van der Waals surface area contributed by atoms with Gasteiger partial charge in [0.05, 0.1) is 17.6 Å². The van der Waals surface area contributed by atoms with Crippen LogP contribution in [0.15, 0.2) is 24.3 Å². The summed E-state index contributed by atoms with van der Waals surface area (Å²) in [5, 5.41) is 8.56. The van der Waals surface area contributed by atoms with Crippen LogP contribution in [0.1, 0.15) is 19.4 Å². The second kappa shape index (κ2) is 6.02. The summed E-state index contributed by atoms with van der Waals surface area (Å²) in [6.45, 7) is 3.39. The molecule has 0 radical (unpaired) electrons. The molecule has 96 valence electrons. The molecule has 0 aromatic heterocycles. The first kappa shape index (κ1) is 14.0. The summed E-state index contributed by atoms with van der Waals surface area (Å²) in [5.41, 5.74) is 0.745. The van der Waals surface area contributed by atoms with E-state index in [2.05, 4.69) is 0 Å². The Kier molecular flexibility index (Phi) is 4.96. The van der Waals surface area contributed by atoms with Gasteiger partial charge < -0.3 is 9.84 Å². The van der Waals surface area contributed by atoms with Crippen LogP contribution in [0.25, 0.3) is 0 Å². The van der Waals surface area contributed by atoms with Gasteiger partial charge in [0.1, 0.15) is 12.4 Å². The third-order valence-electron chi connectivity index (χ3n) is 2.44. The Morgan fingerprint density at radius 2 is 2.06 bits per heavy atom. The fourth-order valence-corrected chi connectivity index (χ4v) is 2.03. The summed E-state index contributed by atoms with van der Waals surface area (Å²) in [6, 6.07) is 6.97. The topological polar surface area (TPSA) is 63.6 Å². The fraction of sp³-hybridized carbons (Fsp3) is 0.500. The van der Waals surface area contributed by atoms with E-state index in [0.717, 1.165) is 5.56 Å². The molecular formula is C12H18O4S. The fourth-order valence-electron chi connectivity index (χ4n) is 1.25. The quantitative estimate of drug-likeness (QED) is 0.837. The number of hydrogen-bond donors (Lipinski definition) is 1. The highest BCUT2D eigenvalue weighted by molar-refractivity contribution is 7.91. The van der Waals surface area contributed by atoms with Crippen LogP contribution in [0.4, 0.5) is 0 Å². The van der Waals surface area contributed by atoms with Crippen LogP contribution in [0.5, 0.6) is 5.75 Å². The van der Waals surface area contributed by atoms with Gasteiger partial charge in [-0.3, -0.25) is 0 Å². The van der Waals surface area contributed by atoms with Crippen molar-refractivity contribution in [2.24, 2.45) is 0 Å². The van der Waals surface area contributed by atoms with Gasteiger partial charge in [0.25, 0.3) is 0 Å². The first-order valence-corrected chi connectivity index (χ1v) is 7.21. The van der Waals surface area contributed by atoms with Crippen molar-refractivity contribution in [2.45, 2.75) is 25.7 Å². The largest absolute Gasteiger partial charge is 0.493 e. The van der Waals surface area contributed by atoms with Crippen molar-refractivity contribution in [1.29, 1.82) is 0 Å². The van der Waals surface area contributed by atoms with E-state index < -0.39 is 9.84 Å². The molecule has 0 unspecified atom stereocenters. The number of benzene rings is 1. The molecule has 1 aromatic carbocycles. The maximum absolute atomic E-state index is 11.5. The van der Waals surface area contributed by atoms with Gasteiger partial charge in [-0.1, -0.05) is 12.1 Å². The minimum atomic E-state index is -3.06. The molecule has 0 aliphatic rings. The zero-order chi connectivity index (χ0) is 12.9. The Labute approximate surface area is 102 Å². The van der Waals surface area contributed by atoms with Crippen molar-refractivity contribution >= 4 is 9.84 Å². The SMILES string of the molecule is CC(C)S(=O)(=O)CCOc1cccc(CO)c1. The predicted molar refractivity (Wildman–Crippen MR) is 66.8 cm³/mol. The molecule has 0 saturated carbocycles. The number of ether oxygens (including phenoxy) is 1. The Bertz CT molecular complexity index is 451. The van der Waals surface area contributed by atoms with E-state index in [1.54, 1.807) is 38.1 Å². The third kappa shape index (κ3) is 4.36.